The third-order valence-corrected chi connectivity index (χ3v) is 7.83. The molecule has 0 aromatic carbocycles. The largest absolute Gasteiger partial charge is 0.395 e. The van der Waals surface area contributed by atoms with Crippen molar-refractivity contribution < 1.29 is 69.7 Å². The first kappa shape index (κ1) is 35.3. The molecule has 1 aliphatic carbocycles. The van der Waals surface area contributed by atoms with E-state index in [0.29, 0.717) is 0 Å². The predicted molar refractivity (Wildman–Crippen MR) is 137 cm³/mol. The molecule has 0 radical (unpaired) electrons. The van der Waals surface area contributed by atoms with Gasteiger partial charge in [-0.05, 0) is 12.8 Å². The molecule has 2 heterocycles. The van der Waals surface area contributed by atoms with E-state index in [4.69, 9.17) is 47.0 Å². The first-order valence-electron chi connectivity index (χ1n) is 13.6. The van der Waals surface area contributed by atoms with Crippen LogP contribution in [0.15, 0.2) is 0 Å². The molecule has 17 atom stereocenters. The molecular weight excluding hydrogens is 570 g/mol. The van der Waals surface area contributed by atoms with E-state index in [0.717, 1.165) is 0 Å². The molecule has 0 spiro atoms. The third kappa shape index (κ3) is 7.71. The van der Waals surface area contributed by atoms with Gasteiger partial charge in [-0.15, -0.1) is 0 Å². The monoisotopic (exact) mass is 615 g/mol. The zero-order valence-corrected chi connectivity index (χ0v) is 22.7. The summed E-state index contributed by atoms with van der Waals surface area (Å²) in [6.45, 7) is -1.44. The average molecular weight is 616 g/mol. The molecule has 2 aliphatic heterocycles. The predicted octanol–water partition coefficient (Wildman–Crippen LogP) is -9.06. The number of rotatable bonds is 11. The fourth-order valence-corrected chi connectivity index (χ4v) is 5.25. The molecule has 1 amide bonds. The van der Waals surface area contributed by atoms with Gasteiger partial charge in [0, 0.05) is 18.6 Å². The molecule has 3 rings (SSSR count). The Kier molecular flexibility index (Phi) is 12.8. The lowest BCUT2D eigenvalue weighted by Gasteiger charge is -2.49. The van der Waals surface area contributed by atoms with Gasteiger partial charge in [0.15, 0.2) is 12.6 Å². The molecule has 19 nitrogen and oxygen atoms in total. The number of ether oxygens (including phenoxy) is 4. The molecule has 0 aromatic rings. The Morgan fingerprint density at radius 3 is 2.05 bits per heavy atom. The van der Waals surface area contributed by atoms with Crippen LogP contribution >= 0.6 is 0 Å². The van der Waals surface area contributed by atoms with E-state index in [-0.39, 0.29) is 19.4 Å². The smallest absolute Gasteiger partial charge is 0.249 e. The van der Waals surface area contributed by atoms with Gasteiger partial charge in [-0.2, -0.15) is 0 Å². The van der Waals surface area contributed by atoms with Crippen molar-refractivity contribution in [2.75, 3.05) is 19.8 Å². The highest BCUT2D eigenvalue weighted by Crippen LogP contribution is 2.32. The molecule has 0 unspecified atom stereocenters. The van der Waals surface area contributed by atoms with E-state index in [9.17, 15) is 45.6 Å². The Labute approximate surface area is 240 Å². The number of nitrogens with one attached hydrogen (secondary N) is 1. The van der Waals surface area contributed by atoms with Crippen molar-refractivity contribution in [2.45, 2.75) is 117 Å². The summed E-state index contributed by atoms with van der Waals surface area (Å²) in [6, 6.07) is -4.51. The highest BCUT2D eigenvalue weighted by Gasteiger charge is 2.52. The van der Waals surface area contributed by atoms with Gasteiger partial charge in [0.05, 0.1) is 25.3 Å². The first-order valence-corrected chi connectivity index (χ1v) is 13.6. The number of carbonyl (C=O) groups excluding carboxylic acids is 1. The van der Waals surface area contributed by atoms with Crippen molar-refractivity contribution >= 4 is 5.91 Å². The number of aliphatic hydroxyl groups excluding tert-OH is 9. The lowest BCUT2D eigenvalue weighted by atomic mass is 9.83. The number of amides is 1. The molecule has 3 fully saturated rings. The van der Waals surface area contributed by atoms with Gasteiger partial charge < -0.3 is 93.2 Å². The standard InChI is InChI=1S/C23H45N5O14/c24-3-10-14(33)16(35)17(36)23(39-10)41-19-7(26)2-8(28-21(38)9(31)1-6(25)4-29)20(18(19)37)42-22-15(34)12(27)13(32)11(5-30)40-22/h6-20,22-23,29-37H,1-5,24-27H2,(H,28,38)/t6-,7-,8+,9-,10+,11-,12+,13-,14+,15-,16-,17+,18-,19+,20-,22-,23+/m0/s1. The molecule has 0 aromatic heterocycles. The Morgan fingerprint density at radius 1 is 0.857 bits per heavy atom. The summed E-state index contributed by atoms with van der Waals surface area (Å²) in [5.74, 6) is -0.948. The van der Waals surface area contributed by atoms with E-state index in [1.54, 1.807) is 0 Å². The van der Waals surface area contributed by atoms with Crippen LogP contribution in [0.3, 0.4) is 0 Å². The molecule has 19 heteroatoms. The molecule has 1 saturated carbocycles. The lowest BCUT2D eigenvalue weighted by Crippen LogP contribution is -2.69. The van der Waals surface area contributed by atoms with Crippen LogP contribution in [0.5, 0.6) is 0 Å². The Morgan fingerprint density at radius 2 is 1.45 bits per heavy atom. The van der Waals surface area contributed by atoms with Crippen LogP contribution in [0.25, 0.3) is 0 Å². The number of carbonyl (C=O) groups is 1. The summed E-state index contributed by atoms with van der Waals surface area (Å²) < 4.78 is 22.5. The van der Waals surface area contributed by atoms with Gasteiger partial charge in [0.1, 0.15) is 67.1 Å². The summed E-state index contributed by atoms with van der Waals surface area (Å²) in [6.07, 6.45) is -20.7. The fourth-order valence-electron chi connectivity index (χ4n) is 5.25. The highest BCUT2D eigenvalue weighted by molar-refractivity contribution is 5.80. The van der Waals surface area contributed by atoms with Gasteiger partial charge in [0.25, 0.3) is 0 Å². The van der Waals surface area contributed by atoms with E-state index >= 15 is 0 Å². The zero-order chi connectivity index (χ0) is 31.5. The van der Waals surface area contributed by atoms with Crippen molar-refractivity contribution in [3.05, 3.63) is 0 Å². The van der Waals surface area contributed by atoms with Crippen LogP contribution in [-0.2, 0) is 23.7 Å². The second kappa shape index (κ2) is 15.2. The second-order valence-corrected chi connectivity index (χ2v) is 10.9. The highest BCUT2D eigenvalue weighted by atomic mass is 16.7. The number of aliphatic hydroxyl groups is 9. The van der Waals surface area contributed by atoms with Crippen LogP contribution < -0.4 is 28.3 Å². The topological polar surface area (TPSA) is 352 Å². The summed E-state index contributed by atoms with van der Waals surface area (Å²) in [7, 11) is 0. The maximum absolute atomic E-state index is 12.8. The fraction of sp³-hybridized carbons (Fsp3) is 0.957. The summed E-state index contributed by atoms with van der Waals surface area (Å²) >= 11 is 0. The van der Waals surface area contributed by atoms with E-state index in [2.05, 4.69) is 5.32 Å². The zero-order valence-electron chi connectivity index (χ0n) is 22.7. The summed E-state index contributed by atoms with van der Waals surface area (Å²) in [4.78, 5) is 12.8. The van der Waals surface area contributed by atoms with Crippen molar-refractivity contribution in [1.29, 1.82) is 0 Å². The molecule has 0 bridgehead atoms. The van der Waals surface area contributed by atoms with Gasteiger partial charge in [-0.25, -0.2) is 0 Å². The van der Waals surface area contributed by atoms with Gasteiger partial charge in [-0.1, -0.05) is 0 Å². The molecule has 246 valence electrons. The molecular formula is C23H45N5O14. The normalized spacial score (nSPS) is 46.2. The lowest BCUT2D eigenvalue weighted by molar-refractivity contribution is -0.332. The maximum Gasteiger partial charge on any atom is 0.249 e. The number of nitrogens with two attached hydrogens (primary N) is 4. The van der Waals surface area contributed by atoms with E-state index in [1.165, 1.54) is 0 Å². The van der Waals surface area contributed by atoms with Gasteiger partial charge >= 0.3 is 0 Å². The Hall–Kier alpha value is -1.21. The van der Waals surface area contributed by atoms with Crippen LogP contribution in [0.2, 0.25) is 0 Å². The van der Waals surface area contributed by atoms with Crippen LogP contribution in [0.1, 0.15) is 12.8 Å². The minimum atomic E-state index is -1.78. The van der Waals surface area contributed by atoms with Crippen molar-refractivity contribution in [3.63, 3.8) is 0 Å². The molecule has 42 heavy (non-hydrogen) atoms. The minimum Gasteiger partial charge on any atom is -0.395 e. The number of hydrogen-bond acceptors (Lipinski definition) is 18. The number of hydrogen-bond donors (Lipinski definition) is 14. The van der Waals surface area contributed by atoms with Crippen molar-refractivity contribution in [2.24, 2.45) is 22.9 Å². The average Bonchev–Trinajstić information content (AvgIpc) is 2.96. The summed E-state index contributed by atoms with van der Waals surface area (Å²) in [5.41, 5.74) is 23.3. The minimum absolute atomic E-state index is 0.188. The Balaban J connectivity index is 1.85. The third-order valence-electron chi connectivity index (χ3n) is 7.83. The quantitative estimate of drug-likeness (QED) is 0.102. The second-order valence-electron chi connectivity index (χ2n) is 10.9. The molecule has 18 N–H and O–H groups in total. The summed E-state index contributed by atoms with van der Waals surface area (Å²) in [5, 5.41) is 94.3. The van der Waals surface area contributed by atoms with Crippen LogP contribution in [0, 0.1) is 0 Å². The van der Waals surface area contributed by atoms with E-state index in [1.807, 2.05) is 0 Å². The van der Waals surface area contributed by atoms with Gasteiger partial charge in [-0.3, -0.25) is 4.79 Å². The Bertz CT molecular complexity index is 862. The van der Waals surface area contributed by atoms with Crippen molar-refractivity contribution in [1.82, 2.24) is 5.32 Å². The SMILES string of the molecule is NC[C@H]1O[C@H](O[C@H]2[C@H](O)[C@@H](O[C@@H]3O[C@@H](CO)[C@H](O)[C@@H](N)[C@@H]3O)[C@H](NC(=O)[C@@H](O)C[C@H](N)CO)C[C@@H]2N)[C@H](O)[C@@H](O)[C@@H]1O. The van der Waals surface area contributed by atoms with Crippen LogP contribution in [-0.4, -0.2) is 176 Å². The van der Waals surface area contributed by atoms with Crippen LogP contribution in [0.4, 0.5) is 0 Å². The van der Waals surface area contributed by atoms with Gasteiger partial charge in [0.2, 0.25) is 5.91 Å². The van der Waals surface area contributed by atoms with E-state index < -0.39 is 123 Å². The maximum atomic E-state index is 12.8. The first-order chi connectivity index (χ1) is 19.7. The van der Waals surface area contributed by atoms with Crippen molar-refractivity contribution in [3.8, 4) is 0 Å². The molecule has 3 aliphatic rings. The molecule has 2 saturated heterocycles.